The van der Waals surface area contributed by atoms with Gasteiger partial charge in [-0.15, -0.1) is 0 Å². The largest absolute Gasteiger partial charge is 0.418 e. The molecule has 1 aliphatic heterocycles. The topological polar surface area (TPSA) is 29.3 Å². The SMILES string of the molecule is Nc1ccc(N2CCSCC2)c(C(F)(F)F)c1. The highest BCUT2D eigenvalue weighted by Gasteiger charge is 2.35. The van der Waals surface area contributed by atoms with E-state index in [1.54, 1.807) is 16.7 Å². The molecule has 2 nitrogen and oxygen atoms in total. The standard InChI is InChI=1S/C11H13F3N2S/c12-11(13,14)9-7-8(15)1-2-10(9)16-3-5-17-6-4-16/h1-2,7H,3-6,15H2. The number of rotatable bonds is 1. The van der Waals surface area contributed by atoms with Gasteiger partial charge >= 0.3 is 6.18 Å². The van der Waals surface area contributed by atoms with Crippen LogP contribution in [0.3, 0.4) is 0 Å². The highest BCUT2D eigenvalue weighted by Crippen LogP contribution is 2.38. The molecule has 1 fully saturated rings. The van der Waals surface area contributed by atoms with Crippen molar-refractivity contribution < 1.29 is 13.2 Å². The molecule has 0 bridgehead atoms. The van der Waals surface area contributed by atoms with Gasteiger partial charge in [-0.25, -0.2) is 0 Å². The number of thioether (sulfide) groups is 1. The molecule has 0 atom stereocenters. The van der Waals surface area contributed by atoms with E-state index in [9.17, 15) is 13.2 Å². The molecular weight excluding hydrogens is 249 g/mol. The van der Waals surface area contributed by atoms with E-state index >= 15 is 0 Å². The van der Waals surface area contributed by atoms with Crippen molar-refractivity contribution in [3.63, 3.8) is 0 Å². The zero-order chi connectivity index (χ0) is 12.5. The summed E-state index contributed by atoms with van der Waals surface area (Å²) in [6.07, 6.45) is -4.35. The monoisotopic (exact) mass is 262 g/mol. The first kappa shape index (κ1) is 12.4. The van der Waals surface area contributed by atoms with Crippen molar-refractivity contribution in [1.82, 2.24) is 0 Å². The second-order valence-corrected chi connectivity index (χ2v) is 5.10. The van der Waals surface area contributed by atoms with Crippen LogP contribution in [0.4, 0.5) is 24.5 Å². The number of alkyl halides is 3. The van der Waals surface area contributed by atoms with Gasteiger partial charge in [0, 0.05) is 36.0 Å². The summed E-state index contributed by atoms with van der Waals surface area (Å²) < 4.78 is 38.7. The molecule has 2 N–H and O–H groups in total. The van der Waals surface area contributed by atoms with E-state index in [4.69, 9.17) is 5.73 Å². The molecular formula is C11H13F3N2S. The summed E-state index contributed by atoms with van der Waals surface area (Å²) in [5.41, 5.74) is 5.18. The van der Waals surface area contributed by atoms with Crippen molar-refractivity contribution in [2.75, 3.05) is 35.2 Å². The van der Waals surface area contributed by atoms with Gasteiger partial charge in [-0.2, -0.15) is 24.9 Å². The smallest absolute Gasteiger partial charge is 0.399 e. The van der Waals surface area contributed by atoms with Crippen LogP contribution in [0.25, 0.3) is 0 Å². The van der Waals surface area contributed by atoms with Crippen LogP contribution < -0.4 is 10.6 Å². The summed E-state index contributed by atoms with van der Waals surface area (Å²) in [6, 6.07) is 4.00. The quantitative estimate of drug-likeness (QED) is 0.789. The number of hydrogen-bond donors (Lipinski definition) is 1. The minimum Gasteiger partial charge on any atom is -0.399 e. The Morgan fingerprint density at radius 2 is 1.82 bits per heavy atom. The van der Waals surface area contributed by atoms with Crippen molar-refractivity contribution in [2.45, 2.75) is 6.18 Å². The fourth-order valence-corrected chi connectivity index (χ4v) is 2.76. The van der Waals surface area contributed by atoms with Crippen LogP contribution in [-0.2, 0) is 6.18 Å². The average Bonchev–Trinajstić information content (AvgIpc) is 2.29. The van der Waals surface area contributed by atoms with Crippen molar-refractivity contribution in [3.05, 3.63) is 23.8 Å². The zero-order valence-electron chi connectivity index (χ0n) is 9.13. The van der Waals surface area contributed by atoms with Gasteiger partial charge in [0.15, 0.2) is 0 Å². The van der Waals surface area contributed by atoms with Crippen LogP contribution >= 0.6 is 11.8 Å². The molecule has 6 heteroatoms. The molecule has 0 radical (unpaired) electrons. The highest BCUT2D eigenvalue weighted by atomic mass is 32.2. The summed E-state index contributed by atoms with van der Waals surface area (Å²) in [4.78, 5) is 1.78. The molecule has 1 aliphatic rings. The summed E-state index contributed by atoms with van der Waals surface area (Å²) >= 11 is 1.76. The van der Waals surface area contributed by atoms with Crippen LogP contribution in [0.1, 0.15) is 5.56 Å². The van der Waals surface area contributed by atoms with Crippen molar-refractivity contribution in [1.29, 1.82) is 0 Å². The van der Waals surface area contributed by atoms with Crippen molar-refractivity contribution >= 4 is 23.1 Å². The number of nitrogen functional groups attached to an aromatic ring is 1. The fourth-order valence-electron chi connectivity index (χ4n) is 1.86. The van der Waals surface area contributed by atoms with E-state index in [0.717, 1.165) is 17.6 Å². The van der Waals surface area contributed by atoms with Gasteiger partial charge in [0.1, 0.15) is 0 Å². The molecule has 94 valence electrons. The van der Waals surface area contributed by atoms with Gasteiger partial charge < -0.3 is 10.6 Å². The van der Waals surface area contributed by atoms with E-state index in [0.29, 0.717) is 13.1 Å². The summed E-state index contributed by atoms with van der Waals surface area (Å²) in [6.45, 7) is 1.30. The highest BCUT2D eigenvalue weighted by molar-refractivity contribution is 7.99. The third-order valence-corrected chi connectivity index (χ3v) is 3.62. The lowest BCUT2D eigenvalue weighted by Crippen LogP contribution is -2.34. The van der Waals surface area contributed by atoms with E-state index in [-0.39, 0.29) is 11.4 Å². The van der Waals surface area contributed by atoms with Crippen LogP contribution in [0, 0.1) is 0 Å². The van der Waals surface area contributed by atoms with Crippen LogP contribution in [-0.4, -0.2) is 24.6 Å². The van der Waals surface area contributed by atoms with Gasteiger partial charge in [0.25, 0.3) is 0 Å². The molecule has 2 rings (SSSR count). The number of benzene rings is 1. The Hall–Kier alpha value is -1.04. The summed E-state index contributed by atoms with van der Waals surface area (Å²) in [5, 5.41) is 0. The Balaban J connectivity index is 2.38. The maximum Gasteiger partial charge on any atom is 0.418 e. The summed E-state index contributed by atoms with van der Waals surface area (Å²) in [7, 11) is 0. The van der Waals surface area contributed by atoms with Gasteiger partial charge in [-0.05, 0) is 18.2 Å². The first-order chi connectivity index (χ1) is 7.98. The van der Waals surface area contributed by atoms with Crippen molar-refractivity contribution in [2.24, 2.45) is 0 Å². The molecule has 1 aromatic rings. The van der Waals surface area contributed by atoms with E-state index in [2.05, 4.69) is 0 Å². The van der Waals surface area contributed by atoms with Crippen molar-refractivity contribution in [3.8, 4) is 0 Å². The molecule has 0 unspecified atom stereocenters. The second kappa shape index (κ2) is 4.68. The molecule has 0 aromatic heterocycles. The third-order valence-electron chi connectivity index (χ3n) is 2.68. The molecule has 1 aromatic carbocycles. The molecule has 17 heavy (non-hydrogen) atoms. The maximum atomic E-state index is 12.9. The molecule has 0 saturated carbocycles. The second-order valence-electron chi connectivity index (χ2n) is 3.87. The first-order valence-electron chi connectivity index (χ1n) is 5.28. The van der Waals surface area contributed by atoms with Crippen LogP contribution in [0.15, 0.2) is 18.2 Å². The Labute approximate surface area is 102 Å². The van der Waals surface area contributed by atoms with E-state index in [1.165, 1.54) is 12.1 Å². The van der Waals surface area contributed by atoms with Crippen LogP contribution in [0.5, 0.6) is 0 Å². The minimum absolute atomic E-state index is 0.146. The van der Waals surface area contributed by atoms with Gasteiger partial charge in [0.2, 0.25) is 0 Å². The molecule has 1 heterocycles. The number of nitrogens with zero attached hydrogens (tertiary/aromatic N) is 1. The van der Waals surface area contributed by atoms with Gasteiger partial charge in [-0.1, -0.05) is 0 Å². The molecule has 0 amide bonds. The number of hydrogen-bond acceptors (Lipinski definition) is 3. The van der Waals surface area contributed by atoms with E-state index in [1.807, 2.05) is 0 Å². The zero-order valence-corrected chi connectivity index (χ0v) is 9.94. The Morgan fingerprint density at radius 3 is 2.41 bits per heavy atom. The predicted octanol–water partition coefficient (Wildman–Crippen LogP) is 2.84. The van der Waals surface area contributed by atoms with E-state index < -0.39 is 11.7 Å². The van der Waals surface area contributed by atoms with Crippen LogP contribution in [0.2, 0.25) is 0 Å². The maximum absolute atomic E-state index is 12.9. The summed E-state index contributed by atoms with van der Waals surface area (Å²) in [5.74, 6) is 1.73. The lowest BCUT2D eigenvalue weighted by atomic mass is 10.1. The number of nitrogens with two attached hydrogens (primary N) is 1. The third kappa shape index (κ3) is 2.80. The van der Waals surface area contributed by atoms with Gasteiger partial charge in [-0.3, -0.25) is 0 Å². The normalized spacial score (nSPS) is 17.2. The lowest BCUT2D eigenvalue weighted by Gasteiger charge is -2.30. The Kier molecular flexibility index (Phi) is 3.42. The number of halogens is 3. The molecule has 0 aliphatic carbocycles. The lowest BCUT2D eigenvalue weighted by molar-refractivity contribution is -0.137. The Bertz CT molecular complexity index is 400. The fraction of sp³-hybridized carbons (Fsp3) is 0.455. The minimum atomic E-state index is -4.35. The average molecular weight is 262 g/mol. The first-order valence-corrected chi connectivity index (χ1v) is 6.43. The Morgan fingerprint density at radius 1 is 1.18 bits per heavy atom. The van der Waals surface area contributed by atoms with Gasteiger partial charge in [0.05, 0.1) is 5.56 Å². The predicted molar refractivity (Wildman–Crippen MR) is 65.4 cm³/mol. The molecule has 0 spiro atoms. The molecule has 1 saturated heterocycles. The number of anilines is 2.